The number of nitrogens with zero attached hydrogens (tertiary/aromatic N) is 2. The molecule has 1 aromatic heterocycles. The van der Waals surface area contributed by atoms with Crippen LogP contribution in [0.15, 0.2) is 47.0 Å². The van der Waals surface area contributed by atoms with Crippen molar-refractivity contribution >= 4 is 5.91 Å². The summed E-state index contributed by atoms with van der Waals surface area (Å²) in [6.45, 7) is 2.67. The lowest BCUT2D eigenvalue weighted by atomic mass is 10.1. The number of benzene rings is 2. The molecule has 1 aliphatic rings. The number of ether oxygens (including phenoxy) is 2. The van der Waals surface area contributed by atoms with E-state index in [0.717, 1.165) is 22.4 Å². The second-order valence-corrected chi connectivity index (χ2v) is 6.35. The van der Waals surface area contributed by atoms with Crippen LogP contribution in [0, 0.1) is 6.92 Å². The molecule has 138 valence electrons. The molecule has 2 aromatic carbocycles. The number of carbonyl (C=O) groups is 1. The molecular weight excluding hydrogens is 346 g/mol. The van der Waals surface area contributed by atoms with Gasteiger partial charge in [0.15, 0.2) is 11.5 Å². The number of hydrogen-bond acceptors (Lipinski definition) is 6. The molecular formula is C20H19N3O4. The zero-order valence-corrected chi connectivity index (χ0v) is 14.9. The quantitative estimate of drug-likeness (QED) is 0.723. The number of fused-ring (bicyclic) bond motifs is 1. The topological polar surface area (TPSA) is 86.5 Å². The van der Waals surface area contributed by atoms with E-state index in [9.17, 15) is 4.79 Å². The molecule has 1 N–H and O–H groups in total. The van der Waals surface area contributed by atoms with Crippen LogP contribution in [0.3, 0.4) is 0 Å². The second-order valence-electron chi connectivity index (χ2n) is 6.35. The maximum absolute atomic E-state index is 12.1. The molecule has 0 fully saturated rings. The summed E-state index contributed by atoms with van der Waals surface area (Å²) < 4.78 is 15.9. The summed E-state index contributed by atoms with van der Waals surface area (Å²) in [6, 6.07) is 13.5. The third-order valence-electron chi connectivity index (χ3n) is 4.24. The van der Waals surface area contributed by atoms with E-state index in [1.807, 2.05) is 49.4 Å². The average molecular weight is 365 g/mol. The normalized spacial score (nSPS) is 12.2. The summed E-state index contributed by atoms with van der Waals surface area (Å²) in [6.07, 6.45) is 0.672. The predicted molar refractivity (Wildman–Crippen MR) is 97.2 cm³/mol. The van der Waals surface area contributed by atoms with Gasteiger partial charge in [-0.25, -0.2) is 0 Å². The summed E-state index contributed by atoms with van der Waals surface area (Å²) in [5.74, 6) is 2.34. The molecule has 0 bridgehead atoms. The highest BCUT2D eigenvalue weighted by Gasteiger charge is 2.14. The highest BCUT2D eigenvalue weighted by Crippen LogP contribution is 2.32. The Balaban J connectivity index is 1.28. The lowest BCUT2D eigenvalue weighted by Gasteiger charge is -2.05. The van der Waals surface area contributed by atoms with Crippen molar-refractivity contribution < 1.29 is 18.8 Å². The maximum atomic E-state index is 12.1. The molecule has 1 aliphatic heterocycles. The summed E-state index contributed by atoms with van der Waals surface area (Å²) in [7, 11) is 0. The fourth-order valence-electron chi connectivity index (χ4n) is 2.82. The minimum absolute atomic E-state index is 0.0806. The van der Waals surface area contributed by atoms with Gasteiger partial charge >= 0.3 is 0 Å². The third-order valence-corrected chi connectivity index (χ3v) is 4.24. The average Bonchev–Trinajstić information content (AvgIpc) is 3.33. The molecule has 2 heterocycles. The van der Waals surface area contributed by atoms with Gasteiger partial charge in [-0.3, -0.25) is 4.79 Å². The van der Waals surface area contributed by atoms with Crippen molar-refractivity contribution in [3.8, 4) is 22.9 Å². The maximum Gasteiger partial charge on any atom is 0.231 e. The van der Waals surface area contributed by atoms with Gasteiger partial charge in [0.05, 0.1) is 0 Å². The number of hydrogen-bond donors (Lipinski definition) is 1. The van der Waals surface area contributed by atoms with Crippen molar-refractivity contribution in [2.45, 2.75) is 26.3 Å². The molecule has 3 aromatic rings. The zero-order valence-electron chi connectivity index (χ0n) is 14.9. The first kappa shape index (κ1) is 17.1. The van der Waals surface area contributed by atoms with E-state index in [0.29, 0.717) is 30.4 Å². The van der Waals surface area contributed by atoms with Crippen molar-refractivity contribution in [1.82, 2.24) is 15.5 Å². The van der Waals surface area contributed by atoms with Gasteiger partial charge in [0, 0.05) is 24.9 Å². The zero-order chi connectivity index (χ0) is 18.6. The van der Waals surface area contributed by atoms with Crippen molar-refractivity contribution in [2.75, 3.05) is 6.79 Å². The first-order valence-corrected chi connectivity index (χ1v) is 8.72. The summed E-state index contributed by atoms with van der Waals surface area (Å²) in [5.41, 5.74) is 2.98. The van der Waals surface area contributed by atoms with E-state index in [2.05, 4.69) is 15.5 Å². The third kappa shape index (κ3) is 4.08. The minimum Gasteiger partial charge on any atom is -0.454 e. The molecule has 4 rings (SSSR count). The molecule has 0 atom stereocenters. The van der Waals surface area contributed by atoms with Gasteiger partial charge in [0.2, 0.25) is 24.4 Å². The molecule has 0 saturated heterocycles. The van der Waals surface area contributed by atoms with E-state index in [1.165, 1.54) is 0 Å². The van der Waals surface area contributed by atoms with Gasteiger partial charge < -0.3 is 19.3 Å². The fourth-order valence-corrected chi connectivity index (χ4v) is 2.82. The van der Waals surface area contributed by atoms with Crippen LogP contribution in [-0.2, 0) is 17.8 Å². The number of rotatable bonds is 6. The van der Waals surface area contributed by atoms with E-state index >= 15 is 0 Å². The van der Waals surface area contributed by atoms with Gasteiger partial charge in [0.25, 0.3) is 0 Å². The van der Waals surface area contributed by atoms with Crippen LogP contribution < -0.4 is 14.8 Å². The minimum atomic E-state index is -0.0806. The van der Waals surface area contributed by atoms with Crippen LogP contribution in [-0.4, -0.2) is 22.8 Å². The first-order chi connectivity index (χ1) is 13.2. The lowest BCUT2D eigenvalue weighted by Crippen LogP contribution is -2.23. The Labute approximate surface area is 156 Å². The molecule has 1 amide bonds. The van der Waals surface area contributed by atoms with Crippen LogP contribution in [0.4, 0.5) is 0 Å². The molecule has 0 saturated carbocycles. The first-order valence-electron chi connectivity index (χ1n) is 8.72. The summed E-state index contributed by atoms with van der Waals surface area (Å²) >= 11 is 0. The number of aromatic nitrogens is 2. The fraction of sp³-hybridized carbons (Fsp3) is 0.250. The standard InChI is InChI=1S/C20H19N3O4/c1-13-3-2-4-15(9-13)20-22-19(27-23-20)8-7-18(24)21-11-14-5-6-16-17(10-14)26-12-25-16/h2-6,9-10H,7-8,11-12H2,1H3,(H,21,24). The molecule has 0 spiro atoms. The lowest BCUT2D eigenvalue weighted by molar-refractivity contribution is -0.121. The molecule has 0 radical (unpaired) electrons. The molecule has 7 heteroatoms. The molecule has 0 aliphatic carbocycles. The Hall–Kier alpha value is -3.35. The Kier molecular flexibility index (Phi) is 4.74. The Morgan fingerprint density at radius 1 is 1.15 bits per heavy atom. The van der Waals surface area contributed by atoms with Gasteiger partial charge in [-0.2, -0.15) is 4.98 Å². The Morgan fingerprint density at radius 3 is 2.93 bits per heavy atom. The molecule has 7 nitrogen and oxygen atoms in total. The van der Waals surface area contributed by atoms with Crippen molar-refractivity contribution in [3.63, 3.8) is 0 Å². The van der Waals surface area contributed by atoms with Crippen molar-refractivity contribution in [3.05, 3.63) is 59.5 Å². The highest BCUT2D eigenvalue weighted by atomic mass is 16.7. The van der Waals surface area contributed by atoms with Gasteiger partial charge in [0.1, 0.15) is 0 Å². The highest BCUT2D eigenvalue weighted by molar-refractivity contribution is 5.76. The van der Waals surface area contributed by atoms with Crippen LogP contribution in [0.1, 0.15) is 23.4 Å². The van der Waals surface area contributed by atoms with Gasteiger partial charge in [-0.1, -0.05) is 35.0 Å². The summed E-state index contributed by atoms with van der Waals surface area (Å²) in [5, 5.41) is 6.87. The second kappa shape index (κ2) is 7.49. The monoisotopic (exact) mass is 365 g/mol. The smallest absolute Gasteiger partial charge is 0.231 e. The van der Waals surface area contributed by atoms with E-state index < -0.39 is 0 Å². The van der Waals surface area contributed by atoms with Crippen molar-refractivity contribution in [1.29, 1.82) is 0 Å². The molecule has 27 heavy (non-hydrogen) atoms. The van der Waals surface area contributed by atoms with Crippen LogP contribution in [0.25, 0.3) is 11.4 Å². The van der Waals surface area contributed by atoms with Crippen LogP contribution >= 0.6 is 0 Å². The van der Waals surface area contributed by atoms with Crippen LogP contribution in [0.2, 0.25) is 0 Å². The number of nitrogens with one attached hydrogen (secondary N) is 1. The van der Waals surface area contributed by atoms with E-state index in [1.54, 1.807) is 0 Å². The van der Waals surface area contributed by atoms with E-state index in [4.69, 9.17) is 14.0 Å². The Bertz CT molecular complexity index is 967. The van der Waals surface area contributed by atoms with Crippen molar-refractivity contribution in [2.24, 2.45) is 0 Å². The number of aryl methyl sites for hydroxylation is 2. The largest absolute Gasteiger partial charge is 0.454 e. The SMILES string of the molecule is Cc1cccc(-c2noc(CCC(=O)NCc3ccc4c(c3)OCO4)n2)c1. The predicted octanol–water partition coefficient (Wildman–Crippen LogP) is 3.02. The van der Waals surface area contributed by atoms with Crippen LogP contribution in [0.5, 0.6) is 11.5 Å². The van der Waals surface area contributed by atoms with Gasteiger partial charge in [-0.15, -0.1) is 0 Å². The Morgan fingerprint density at radius 2 is 2.04 bits per heavy atom. The molecule has 0 unspecified atom stereocenters. The summed E-state index contributed by atoms with van der Waals surface area (Å²) in [4.78, 5) is 16.5. The number of carbonyl (C=O) groups excluding carboxylic acids is 1. The van der Waals surface area contributed by atoms with E-state index in [-0.39, 0.29) is 19.1 Å². The van der Waals surface area contributed by atoms with Gasteiger partial charge in [-0.05, 0) is 30.7 Å². The number of amides is 1.